The van der Waals surface area contributed by atoms with E-state index in [2.05, 4.69) is 10.1 Å². The van der Waals surface area contributed by atoms with Crippen molar-refractivity contribution >= 4 is 35.4 Å². The number of nitrogens with one attached hydrogen (secondary N) is 1. The molecule has 2 aliphatic rings. The first-order valence-electron chi connectivity index (χ1n) is 9.50. The number of amides is 5. The van der Waals surface area contributed by atoms with E-state index < -0.39 is 36.3 Å². The van der Waals surface area contributed by atoms with E-state index in [0.717, 1.165) is 24.2 Å². The molecule has 9 heteroatoms. The van der Waals surface area contributed by atoms with E-state index in [4.69, 9.17) is 0 Å². The number of carbonyl (C=O) groups excluding carboxylic acids is 5. The van der Waals surface area contributed by atoms with Crippen molar-refractivity contribution in [2.75, 3.05) is 19.0 Å². The number of esters is 1. The van der Waals surface area contributed by atoms with Crippen molar-refractivity contribution < 1.29 is 28.7 Å². The standard InChI is InChI=1S/C20H23N3O6/c1-12-5-3-4-6-15(12)23-18(26)17(25)22(20(23)28)11-16(24)21-14-9-7-13(8-10-14)19(27)29-2/h7-10,12,15H,3-6,11H2,1-2H3,(H,21,24)/t12-,15+/m1/s1. The van der Waals surface area contributed by atoms with Crippen LogP contribution in [0, 0.1) is 5.92 Å². The van der Waals surface area contributed by atoms with E-state index in [9.17, 15) is 24.0 Å². The number of anilines is 1. The highest BCUT2D eigenvalue weighted by Gasteiger charge is 2.49. The molecular formula is C20H23N3O6. The molecule has 5 amide bonds. The molecule has 29 heavy (non-hydrogen) atoms. The summed E-state index contributed by atoms with van der Waals surface area (Å²) in [5.41, 5.74) is 0.698. The number of benzene rings is 1. The zero-order chi connectivity index (χ0) is 21.1. The zero-order valence-corrected chi connectivity index (χ0v) is 16.3. The maximum absolute atomic E-state index is 12.7. The number of hydrogen-bond acceptors (Lipinski definition) is 6. The number of carbonyl (C=O) groups is 5. The number of imide groups is 2. The second kappa shape index (κ2) is 8.42. The third-order valence-electron chi connectivity index (χ3n) is 5.37. The highest BCUT2D eigenvalue weighted by Crippen LogP contribution is 2.31. The van der Waals surface area contributed by atoms with Crippen LogP contribution < -0.4 is 5.32 Å². The number of methoxy groups -OCH3 is 1. The van der Waals surface area contributed by atoms with Gasteiger partial charge in [0.25, 0.3) is 0 Å². The summed E-state index contributed by atoms with van der Waals surface area (Å²) < 4.78 is 4.60. The molecule has 2 fully saturated rings. The molecule has 0 radical (unpaired) electrons. The fourth-order valence-electron chi connectivity index (χ4n) is 3.79. The Balaban J connectivity index is 1.65. The van der Waals surface area contributed by atoms with Crippen LogP contribution in [0.15, 0.2) is 24.3 Å². The molecule has 2 atom stereocenters. The summed E-state index contributed by atoms with van der Waals surface area (Å²) >= 11 is 0. The highest BCUT2D eigenvalue weighted by molar-refractivity contribution is 6.45. The Bertz CT molecular complexity index is 850. The van der Waals surface area contributed by atoms with Crippen LogP contribution in [0.5, 0.6) is 0 Å². The van der Waals surface area contributed by atoms with E-state index >= 15 is 0 Å². The van der Waals surface area contributed by atoms with Crippen molar-refractivity contribution in [3.63, 3.8) is 0 Å². The van der Waals surface area contributed by atoms with Crippen LogP contribution in [-0.2, 0) is 19.1 Å². The molecule has 154 valence electrons. The zero-order valence-electron chi connectivity index (χ0n) is 16.3. The van der Waals surface area contributed by atoms with E-state index in [0.29, 0.717) is 22.6 Å². The third-order valence-corrected chi connectivity index (χ3v) is 5.37. The first-order chi connectivity index (χ1) is 13.8. The summed E-state index contributed by atoms with van der Waals surface area (Å²) in [5.74, 6) is -2.87. The van der Waals surface area contributed by atoms with Gasteiger partial charge in [-0.2, -0.15) is 0 Å². The lowest BCUT2D eigenvalue weighted by Crippen LogP contribution is -2.46. The normalized spacial score (nSPS) is 22.1. The van der Waals surface area contributed by atoms with Gasteiger partial charge in [0.1, 0.15) is 6.54 Å². The van der Waals surface area contributed by atoms with Gasteiger partial charge in [-0.25, -0.2) is 14.5 Å². The Morgan fingerprint density at radius 3 is 2.34 bits per heavy atom. The molecule has 1 N–H and O–H groups in total. The molecule has 9 nitrogen and oxygen atoms in total. The van der Waals surface area contributed by atoms with Gasteiger partial charge in [-0.1, -0.05) is 19.8 Å². The second-order valence-corrected chi connectivity index (χ2v) is 7.30. The van der Waals surface area contributed by atoms with E-state index in [1.54, 1.807) is 0 Å². The molecule has 1 aromatic carbocycles. The molecule has 1 saturated heterocycles. The monoisotopic (exact) mass is 401 g/mol. The largest absolute Gasteiger partial charge is 0.465 e. The van der Waals surface area contributed by atoms with E-state index in [1.165, 1.54) is 31.4 Å². The van der Waals surface area contributed by atoms with Crippen molar-refractivity contribution in [1.82, 2.24) is 9.80 Å². The fraction of sp³-hybridized carbons (Fsp3) is 0.450. The topological polar surface area (TPSA) is 113 Å². The summed E-state index contributed by atoms with van der Waals surface area (Å²) in [7, 11) is 1.26. The van der Waals surface area contributed by atoms with Crippen LogP contribution >= 0.6 is 0 Å². The molecule has 0 bridgehead atoms. The maximum atomic E-state index is 12.7. The number of ether oxygens (including phenoxy) is 1. The van der Waals surface area contributed by atoms with Gasteiger partial charge in [0.15, 0.2) is 0 Å². The predicted molar refractivity (Wildman–Crippen MR) is 102 cm³/mol. The molecule has 1 aromatic rings. The van der Waals surface area contributed by atoms with Gasteiger partial charge in [0.2, 0.25) is 5.91 Å². The molecule has 3 rings (SSSR count). The summed E-state index contributed by atoms with van der Waals surface area (Å²) in [6.07, 6.45) is 3.47. The minimum absolute atomic E-state index is 0.117. The lowest BCUT2D eigenvalue weighted by atomic mass is 9.85. The average Bonchev–Trinajstić information content (AvgIpc) is 2.92. The van der Waals surface area contributed by atoms with Crippen molar-refractivity contribution in [2.45, 2.75) is 38.6 Å². The molecule has 1 aliphatic heterocycles. The summed E-state index contributed by atoms with van der Waals surface area (Å²) in [6, 6.07) is 4.89. The molecule has 1 saturated carbocycles. The van der Waals surface area contributed by atoms with Crippen molar-refractivity contribution in [3.05, 3.63) is 29.8 Å². The third kappa shape index (κ3) is 4.13. The van der Waals surface area contributed by atoms with Gasteiger partial charge in [-0.3, -0.25) is 19.3 Å². The first-order valence-corrected chi connectivity index (χ1v) is 9.50. The SMILES string of the molecule is COC(=O)c1ccc(NC(=O)CN2C(=O)C(=O)N([C@H]3CCCC[C@H]3C)C2=O)cc1. The number of rotatable bonds is 5. The van der Waals surface area contributed by atoms with E-state index in [1.807, 2.05) is 6.92 Å². The lowest BCUT2D eigenvalue weighted by molar-refractivity contribution is -0.145. The number of hydrogen-bond donors (Lipinski definition) is 1. The Morgan fingerprint density at radius 2 is 1.72 bits per heavy atom. The summed E-state index contributed by atoms with van der Waals surface area (Å²) in [4.78, 5) is 62.8. The molecule has 0 aromatic heterocycles. The van der Waals surface area contributed by atoms with Crippen LogP contribution in [0.4, 0.5) is 10.5 Å². The first kappa shape index (κ1) is 20.5. The quantitative estimate of drug-likeness (QED) is 0.457. The minimum Gasteiger partial charge on any atom is -0.465 e. The molecule has 0 unspecified atom stereocenters. The van der Waals surface area contributed by atoms with Crippen molar-refractivity contribution in [2.24, 2.45) is 5.92 Å². The van der Waals surface area contributed by atoms with Crippen molar-refractivity contribution in [3.8, 4) is 0 Å². The molecule has 1 aliphatic carbocycles. The molecular weight excluding hydrogens is 378 g/mol. The highest BCUT2D eigenvalue weighted by atomic mass is 16.5. The van der Waals surface area contributed by atoms with Crippen LogP contribution in [-0.4, -0.2) is 59.2 Å². The Kier molecular flexibility index (Phi) is 5.95. The smallest absolute Gasteiger partial charge is 0.337 e. The van der Waals surface area contributed by atoms with Gasteiger partial charge in [-0.15, -0.1) is 0 Å². The minimum atomic E-state index is -0.982. The average molecular weight is 401 g/mol. The summed E-state index contributed by atoms with van der Waals surface area (Å²) in [6.45, 7) is 1.40. The van der Waals surface area contributed by atoms with Gasteiger partial charge in [-0.05, 0) is 43.0 Å². The summed E-state index contributed by atoms with van der Waals surface area (Å²) in [5, 5.41) is 2.55. The van der Waals surface area contributed by atoms with Crippen molar-refractivity contribution in [1.29, 1.82) is 0 Å². The van der Waals surface area contributed by atoms with Crippen LogP contribution in [0.2, 0.25) is 0 Å². The van der Waals surface area contributed by atoms with Crippen LogP contribution in [0.25, 0.3) is 0 Å². The van der Waals surface area contributed by atoms with E-state index in [-0.39, 0.29) is 12.0 Å². The molecule has 1 heterocycles. The second-order valence-electron chi connectivity index (χ2n) is 7.30. The number of nitrogens with zero attached hydrogens (tertiary/aromatic N) is 2. The van der Waals surface area contributed by atoms with Gasteiger partial charge in [0.05, 0.1) is 12.7 Å². The Morgan fingerprint density at radius 1 is 1.07 bits per heavy atom. The van der Waals surface area contributed by atoms with Gasteiger partial charge in [0, 0.05) is 11.7 Å². The van der Waals surface area contributed by atoms with Crippen LogP contribution in [0.3, 0.4) is 0 Å². The maximum Gasteiger partial charge on any atom is 0.337 e. The Labute approximate surface area is 168 Å². The van der Waals surface area contributed by atoms with Gasteiger partial charge < -0.3 is 10.1 Å². The fourth-order valence-corrected chi connectivity index (χ4v) is 3.79. The molecule has 0 spiro atoms. The number of urea groups is 1. The van der Waals surface area contributed by atoms with Gasteiger partial charge >= 0.3 is 23.8 Å². The predicted octanol–water partition coefficient (Wildman–Crippen LogP) is 1.78. The lowest BCUT2D eigenvalue weighted by Gasteiger charge is -2.34. The van der Waals surface area contributed by atoms with Crippen LogP contribution in [0.1, 0.15) is 43.0 Å². The Hall–Kier alpha value is -3.23.